The minimum absolute atomic E-state index is 0.206. The second-order valence-corrected chi connectivity index (χ2v) is 23.4. The molecule has 0 amide bonds. The summed E-state index contributed by atoms with van der Waals surface area (Å²) < 4.78 is 45.1. The Balaban J connectivity index is 0.000000134. The fraction of sp³-hybridized carbons (Fsp3) is 0.371. The van der Waals surface area contributed by atoms with Crippen LogP contribution >= 0.6 is 23.2 Å². The zero-order valence-electron chi connectivity index (χ0n) is 45.8. The maximum Gasteiger partial charge on any atom is 0.433 e. The Morgan fingerprint density at radius 2 is 0.886 bits per heavy atom. The predicted molar refractivity (Wildman–Crippen MR) is 307 cm³/mol. The van der Waals surface area contributed by atoms with E-state index in [0.29, 0.717) is 23.7 Å². The third-order valence-electron chi connectivity index (χ3n) is 16.1. The normalized spacial score (nSPS) is 17.4. The molecular formula is C62H68Cl2F3N9O3. The summed E-state index contributed by atoms with van der Waals surface area (Å²) >= 11 is 12.5. The van der Waals surface area contributed by atoms with E-state index in [-0.39, 0.29) is 6.54 Å². The van der Waals surface area contributed by atoms with Crippen LogP contribution in [0.25, 0.3) is 32.7 Å². The van der Waals surface area contributed by atoms with Gasteiger partial charge in [0.25, 0.3) is 0 Å². The molecule has 9 aromatic rings. The van der Waals surface area contributed by atoms with Gasteiger partial charge < -0.3 is 43.7 Å². The molecule has 3 aliphatic rings. The van der Waals surface area contributed by atoms with Gasteiger partial charge in [-0.05, 0) is 132 Å². The summed E-state index contributed by atoms with van der Waals surface area (Å²) in [6, 6.07) is 28.2. The number of pyridine rings is 3. The zero-order chi connectivity index (χ0) is 56.2. The van der Waals surface area contributed by atoms with Crippen LogP contribution in [0, 0.1) is 6.92 Å². The molecule has 3 N–H and O–H groups in total. The highest BCUT2D eigenvalue weighted by atomic mass is 35.5. The van der Waals surface area contributed by atoms with Crippen molar-refractivity contribution in [2.24, 2.45) is 0 Å². The molecule has 0 fully saturated rings. The molecule has 3 aromatic carbocycles. The van der Waals surface area contributed by atoms with Crippen LogP contribution in [0.15, 0.2) is 122 Å². The van der Waals surface area contributed by atoms with E-state index in [1.54, 1.807) is 31.7 Å². The molecule has 9 heterocycles. The van der Waals surface area contributed by atoms with E-state index in [2.05, 4.69) is 95.7 Å². The minimum atomic E-state index is -4.51. The van der Waals surface area contributed by atoms with Gasteiger partial charge in [-0.2, -0.15) is 13.2 Å². The topological polar surface area (TPSA) is 124 Å². The fourth-order valence-corrected chi connectivity index (χ4v) is 12.1. The molecule has 0 saturated heterocycles. The van der Waals surface area contributed by atoms with E-state index in [9.17, 15) is 28.5 Å². The zero-order valence-corrected chi connectivity index (χ0v) is 47.3. The van der Waals surface area contributed by atoms with E-state index >= 15 is 0 Å². The van der Waals surface area contributed by atoms with Crippen molar-refractivity contribution < 1.29 is 28.5 Å². The molecule has 3 aliphatic heterocycles. The molecule has 79 heavy (non-hydrogen) atoms. The molecule has 6 aromatic heterocycles. The average Bonchev–Trinajstić information content (AvgIpc) is 4.20. The van der Waals surface area contributed by atoms with Crippen LogP contribution in [0.3, 0.4) is 0 Å². The minimum Gasteiger partial charge on any atom is -0.384 e. The monoisotopic (exact) mass is 1110 g/mol. The van der Waals surface area contributed by atoms with Gasteiger partial charge in [-0.15, -0.1) is 0 Å². The second-order valence-electron chi connectivity index (χ2n) is 22.6. The summed E-state index contributed by atoms with van der Waals surface area (Å²) in [5.74, 6) is 0. The maximum atomic E-state index is 12.8. The van der Waals surface area contributed by atoms with Gasteiger partial charge in [0.05, 0.1) is 19.6 Å². The molecule has 0 spiro atoms. The van der Waals surface area contributed by atoms with Crippen LogP contribution in [0.2, 0.25) is 10.0 Å². The van der Waals surface area contributed by atoms with E-state index in [4.69, 9.17) is 23.2 Å². The van der Waals surface area contributed by atoms with E-state index in [0.717, 1.165) is 109 Å². The Labute approximate surface area is 469 Å². The standard InChI is InChI=1S/C21H21ClF3N3O.C21H25N3O.C20H22ClN3O/c1-20(29,13-3-6-19(26-10-13)21(23,24)25)12-28-17-5-4-14(22)9-15(17)16-11-27(2)8-7-18(16)28;1-15-6-7-19-17(11-15)18-13-23(3)10-8-20(18)24(19)14-21(2,25)16-5-4-9-22-12-16;1-20(25,14-4-3-8-22-11-14)13-24-18-6-5-15(21)10-16(18)17-12-23(2)9-7-19(17)24/h3-6,9-10,29H,7-8,11-12H2,1-2H3;4-7,9,11-12,25H,8,10,13-14H2,1-3H3;3-6,8,10-11,25H,7,9,12-13H2,1-2H3. The number of halogens is 5. The highest BCUT2D eigenvalue weighted by Gasteiger charge is 2.35. The number of alkyl halides is 3. The highest BCUT2D eigenvalue weighted by Crippen LogP contribution is 2.39. The first-order valence-corrected chi connectivity index (χ1v) is 27.5. The molecule has 414 valence electrons. The SMILES string of the molecule is CN1CCc2c(c3cc(Cl)ccc3n2CC(C)(O)c2ccc(C(F)(F)F)nc2)C1.CN1CCc2c(c3cc(Cl)ccc3n2CC(C)(O)c2cccnc2)C1.Cc1ccc2c(c1)c1c(n2CC(C)(O)c2cccnc2)CCN(C)C1. The smallest absolute Gasteiger partial charge is 0.384 e. The summed E-state index contributed by atoms with van der Waals surface area (Å²) in [5.41, 5.74) is 10.0. The van der Waals surface area contributed by atoms with Crippen molar-refractivity contribution in [1.29, 1.82) is 0 Å². The molecule has 0 saturated carbocycles. The van der Waals surface area contributed by atoms with Crippen molar-refractivity contribution >= 4 is 55.9 Å². The Morgan fingerprint density at radius 1 is 0.506 bits per heavy atom. The lowest BCUT2D eigenvalue weighted by molar-refractivity contribution is -0.141. The Hall–Kier alpha value is -6.14. The van der Waals surface area contributed by atoms with Crippen LogP contribution in [-0.4, -0.2) is 99.4 Å². The number of nitrogens with zero attached hydrogens (tertiary/aromatic N) is 9. The first-order valence-electron chi connectivity index (χ1n) is 26.7. The van der Waals surface area contributed by atoms with Crippen molar-refractivity contribution in [3.8, 4) is 0 Å². The molecule has 0 radical (unpaired) electrons. The number of aryl methyl sites for hydroxylation is 1. The number of aromatic nitrogens is 6. The lowest BCUT2D eigenvalue weighted by Crippen LogP contribution is -2.31. The van der Waals surface area contributed by atoms with Crippen LogP contribution in [-0.2, 0) is 81.5 Å². The van der Waals surface area contributed by atoms with Gasteiger partial charge in [0, 0.05) is 166 Å². The van der Waals surface area contributed by atoms with Crippen molar-refractivity contribution in [3.63, 3.8) is 0 Å². The first kappa shape index (κ1) is 56.1. The van der Waals surface area contributed by atoms with Gasteiger partial charge in [-0.3, -0.25) is 15.0 Å². The lowest BCUT2D eigenvalue weighted by atomic mass is 9.97. The van der Waals surface area contributed by atoms with Gasteiger partial charge in [-0.1, -0.05) is 53.0 Å². The molecule has 0 bridgehead atoms. The van der Waals surface area contributed by atoms with Crippen molar-refractivity contribution in [1.82, 2.24) is 43.4 Å². The molecule has 12 rings (SSSR count). The van der Waals surface area contributed by atoms with E-state index < -0.39 is 28.7 Å². The number of likely N-dealkylation sites (N-methyl/N-ethyl adjacent to an activating group) is 3. The van der Waals surface area contributed by atoms with Crippen LogP contribution in [0.1, 0.15) is 82.5 Å². The Bertz CT molecular complexity index is 3500. The van der Waals surface area contributed by atoms with Crippen LogP contribution in [0.4, 0.5) is 13.2 Å². The van der Waals surface area contributed by atoms with Crippen LogP contribution < -0.4 is 0 Å². The van der Waals surface area contributed by atoms with Crippen LogP contribution in [0.5, 0.6) is 0 Å². The fourth-order valence-electron chi connectivity index (χ4n) is 11.8. The molecule has 3 atom stereocenters. The number of aliphatic hydroxyl groups is 3. The van der Waals surface area contributed by atoms with Gasteiger partial charge in [-0.25, -0.2) is 0 Å². The summed E-state index contributed by atoms with van der Waals surface area (Å²) in [6.45, 7) is 14.3. The number of hydrogen-bond donors (Lipinski definition) is 3. The summed E-state index contributed by atoms with van der Waals surface area (Å²) in [6.07, 6.45) is 6.37. The van der Waals surface area contributed by atoms with E-state index in [1.807, 2.05) is 68.4 Å². The quantitative estimate of drug-likeness (QED) is 0.130. The van der Waals surface area contributed by atoms with Gasteiger partial charge in [0.1, 0.15) is 22.5 Å². The molecule has 17 heteroatoms. The summed E-state index contributed by atoms with van der Waals surface area (Å²) in [4.78, 5) is 18.8. The van der Waals surface area contributed by atoms with Crippen molar-refractivity contribution in [2.75, 3.05) is 40.8 Å². The van der Waals surface area contributed by atoms with Gasteiger partial charge >= 0.3 is 6.18 Å². The Morgan fingerprint density at radius 3 is 1.24 bits per heavy atom. The number of fused-ring (bicyclic) bond motifs is 9. The lowest BCUT2D eigenvalue weighted by Gasteiger charge is -2.29. The third-order valence-corrected chi connectivity index (χ3v) is 16.5. The Kier molecular flexibility index (Phi) is 15.7. The largest absolute Gasteiger partial charge is 0.433 e. The van der Waals surface area contributed by atoms with Crippen molar-refractivity contribution in [2.45, 2.75) is 109 Å². The molecule has 0 aliphatic carbocycles. The maximum absolute atomic E-state index is 12.8. The molecule has 12 nitrogen and oxygen atoms in total. The second kappa shape index (κ2) is 22.1. The highest BCUT2D eigenvalue weighted by molar-refractivity contribution is 6.31. The predicted octanol–water partition coefficient (Wildman–Crippen LogP) is 11.4. The van der Waals surface area contributed by atoms with E-state index in [1.165, 1.54) is 56.0 Å². The molecule has 3 unspecified atom stereocenters. The molecular weight excluding hydrogens is 1050 g/mol. The number of hydrogen-bond acceptors (Lipinski definition) is 9. The third kappa shape index (κ3) is 11.7. The van der Waals surface area contributed by atoms with Gasteiger partial charge in [0.15, 0.2) is 0 Å². The average molecular weight is 1120 g/mol. The number of benzene rings is 3. The first-order chi connectivity index (χ1) is 37.5. The van der Waals surface area contributed by atoms with Crippen molar-refractivity contribution in [3.05, 3.63) is 194 Å². The summed E-state index contributed by atoms with van der Waals surface area (Å²) in [5, 5.41) is 38.4. The summed E-state index contributed by atoms with van der Waals surface area (Å²) in [7, 11) is 6.37. The number of rotatable bonds is 9. The van der Waals surface area contributed by atoms with Gasteiger partial charge in [0.2, 0.25) is 0 Å².